The first kappa shape index (κ1) is 13.7. The van der Waals surface area contributed by atoms with E-state index in [1.165, 1.54) is 44.6 Å². The van der Waals surface area contributed by atoms with Gasteiger partial charge in [0.15, 0.2) is 0 Å². The molecule has 0 fully saturated rings. The summed E-state index contributed by atoms with van der Waals surface area (Å²) in [6.45, 7) is 9.31. The summed E-state index contributed by atoms with van der Waals surface area (Å²) in [4.78, 5) is 0. The summed E-state index contributed by atoms with van der Waals surface area (Å²) in [6, 6.07) is 0. The van der Waals surface area contributed by atoms with Crippen molar-refractivity contribution in [3.63, 3.8) is 0 Å². The van der Waals surface area contributed by atoms with Crippen LogP contribution in [0.4, 0.5) is 0 Å². The second-order valence-corrected chi connectivity index (χ2v) is 4.40. The molecule has 1 radical (unpaired) electrons. The van der Waals surface area contributed by atoms with E-state index < -0.39 is 5.60 Å². The van der Waals surface area contributed by atoms with Crippen LogP contribution in [-0.2, 0) is 0 Å². The third-order valence-corrected chi connectivity index (χ3v) is 2.65. The van der Waals surface area contributed by atoms with Crippen molar-refractivity contribution in [3.05, 3.63) is 12.7 Å². The number of hydrogen-bond donors (Lipinski definition) is 1. The van der Waals surface area contributed by atoms with Gasteiger partial charge in [-0.2, -0.15) is 0 Å². The number of aliphatic hydroxyl groups is 1. The quantitative estimate of drug-likeness (QED) is 0.556. The zero-order valence-corrected chi connectivity index (χ0v) is 9.76. The van der Waals surface area contributed by atoms with Gasteiger partial charge in [0.2, 0.25) is 0 Å². The van der Waals surface area contributed by atoms with E-state index in [-0.39, 0.29) is 0 Å². The van der Waals surface area contributed by atoms with Crippen molar-refractivity contribution in [2.45, 2.75) is 70.8 Å². The van der Waals surface area contributed by atoms with Crippen molar-refractivity contribution < 1.29 is 5.11 Å². The summed E-state index contributed by atoms with van der Waals surface area (Å²) < 4.78 is 0. The van der Waals surface area contributed by atoms with E-state index >= 15 is 0 Å². The van der Waals surface area contributed by atoms with Crippen LogP contribution in [0, 0.1) is 6.58 Å². The van der Waals surface area contributed by atoms with Crippen molar-refractivity contribution in [1.82, 2.24) is 0 Å². The fraction of sp³-hybridized carbons (Fsp3) is 0.846. The summed E-state index contributed by atoms with van der Waals surface area (Å²) in [6.07, 6.45) is 11.1. The molecule has 83 valence electrons. The molecule has 0 saturated carbocycles. The first-order valence-electron chi connectivity index (χ1n) is 5.91. The van der Waals surface area contributed by atoms with Gasteiger partial charge in [0.05, 0.1) is 5.60 Å². The predicted octanol–water partition coefficient (Wildman–Crippen LogP) is 3.87. The Morgan fingerprint density at radius 3 is 2.07 bits per heavy atom. The Labute approximate surface area is 89.2 Å². The second-order valence-electron chi connectivity index (χ2n) is 4.40. The van der Waals surface area contributed by atoms with Crippen LogP contribution in [0.25, 0.3) is 0 Å². The van der Waals surface area contributed by atoms with Crippen LogP contribution in [0.5, 0.6) is 0 Å². The summed E-state index contributed by atoms with van der Waals surface area (Å²) in [7, 11) is 0. The molecule has 0 aliphatic heterocycles. The zero-order valence-electron chi connectivity index (χ0n) is 9.76. The van der Waals surface area contributed by atoms with Gasteiger partial charge in [-0.05, 0) is 13.3 Å². The van der Waals surface area contributed by atoms with Gasteiger partial charge in [-0.15, -0.1) is 0 Å². The maximum Gasteiger partial charge on any atom is 0.0802 e. The minimum atomic E-state index is -0.760. The van der Waals surface area contributed by atoms with Crippen molar-refractivity contribution in [2.24, 2.45) is 0 Å². The molecule has 0 spiro atoms. The Balaban J connectivity index is 3.17. The third kappa shape index (κ3) is 8.31. The lowest BCUT2D eigenvalue weighted by Crippen LogP contribution is -2.19. The van der Waals surface area contributed by atoms with Crippen LogP contribution in [0.1, 0.15) is 65.2 Å². The Morgan fingerprint density at radius 2 is 1.57 bits per heavy atom. The van der Waals surface area contributed by atoms with E-state index in [4.69, 9.17) is 6.58 Å². The van der Waals surface area contributed by atoms with Gasteiger partial charge in [0.1, 0.15) is 0 Å². The van der Waals surface area contributed by atoms with Crippen LogP contribution in [0.2, 0.25) is 0 Å². The Bertz CT molecular complexity index is 138. The molecule has 0 amide bonds. The topological polar surface area (TPSA) is 20.2 Å². The molecule has 0 saturated heterocycles. The average Bonchev–Trinajstić information content (AvgIpc) is 2.16. The van der Waals surface area contributed by atoms with Crippen LogP contribution in [0.3, 0.4) is 0 Å². The van der Waals surface area contributed by atoms with Gasteiger partial charge in [-0.3, -0.25) is 0 Å². The molecule has 14 heavy (non-hydrogen) atoms. The fourth-order valence-electron chi connectivity index (χ4n) is 1.52. The van der Waals surface area contributed by atoms with Crippen molar-refractivity contribution in [1.29, 1.82) is 0 Å². The maximum atomic E-state index is 9.58. The van der Waals surface area contributed by atoms with Crippen LogP contribution < -0.4 is 0 Å². The molecule has 0 rings (SSSR count). The fourth-order valence-corrected chi connectivity index (χ4v) is 1.52. The molecule has 1 unspecified atom stereocenters. The first-order valence-corrected chi connectivity index (χ1v) is 5.91. The van der Waals surface area contributed by atoms with E-state index in [0.717, 1.165) is 12.8 Å². The van der Waals surface area contributed by atoms with Gasteiger partial charge in [-0.1, -0.05) is 64.5 Å². The van der Waals surface area contributed by atoms with Gasteiger partial charge >= 0.3 is 0 Å². The molecular weight excluding hydrogens is 172 g/mol. The van der Waals surface area contributed by atoms with Crippen LogP contribution in [-0.4, -0.2) is 10.7 Å². The second kappa shape index (κ2) is 8.05. The minimum absolute atomic E-state index is 0.760. The van der Waals surface area contributed by atoms with Crippen molar-refractivity contribution >= 4 is 0 Å². The number of hydrogen-bond acceptors (Lipinski definition) is 1. The van der Waals surface area contributed by atoms with E-state index in [9.17, 15) is 5.11 Å². The van der Waals surface area contributed by atoms with Gasteiger partial charge in [0, 0.05) is 0 Å². The predicted molar refractivity (Wildman–Crippen MR) is 62.1 cm³/mol. The lowest BCUT2D eigenvalue weighted by Gasteiger charge is -2.17. The molecule has 0 aromatic heterocycles. The lowest BCUT2D eigenvalue weighted by molar-refractivity contribution is 0.0985. The molecule has 0 aromatic rings. The van der Waals surface area contributed by atoms with Crippen LogP contribution >= 0.6 is 0 Å². The molecular formula is C13H25O. The van der Waals surface area contributed by atoms with Crippen molar-refractivity contribution in [2.75, 3.05) is 0 Å². The van der Waals surface area contributed by atoms with Crippen LogP contribution in [0.15, 0.2) is 6.08 Å². The first-order chi connectivity index (χ1) is 6.62. The van der Waals surface area contributed by atoms with Gasteiger partial charge in [-0.25, -0.2) is 0 Å². The van der Waals surface area contributed by atoms with Gasteiger partial charge < -0.3 is 5.11 Å². The molecule has 1 nitrogen and oxygen atoms in total. The molecule has 1 heteroatoms. The Morgan fingerprint density at radius 1 is 1.07 bits per heavy atom. The SMILES string of the molecule is [CH]=CC(C)(O)CCCCCCCCC. The average molecular weight is 197 g/mol. The molecule has 0 bridgehead atoms. The standard InChI is InChI=1S/C13H25O/c1-4-6-7-8-9-10-11-12-13(3,14)5-2/h2,5,14H,4,6-12H2,1,3H3. The summed E-state index contributed by atoms with van der Waals surface area (Å²) in [5.74, 6) is 0. The zero-order chi connectivity index (χ0) is 10.9. The molecule has 0 aliphatic carbocycles. The highest BCUT2D eigenvalue weighted by Gasteiger charge is 2.13. The summed E-state index contributed by atoms with van der Waals surface area (Å²) in [5.41, 5.74) is -0.760. The highest BCUT2D eigenvalue weighted by Crippen LogP contribution is 2.16. The van der Waals surface area contributed by atoms with E-state index in [2.05, 4.69) is 6.92 Å². The van der Waals surface area contributed by atoms with Crippen molar-refractivity contribution in [3.8, 4) is 0 Å². The monoisotopic (exact) mass is 197 g/mol. The molecule has 1 N–H and O–H groups in total. The highest BCUT2D eigenvalue weighted by molar-refractivity contribution is 4.89. The molecule has 0 aromatic carbocycles. The minimum Gasteiger partial charge on any atom is -0.386 e. The smallest absolute Gasteiger partial charge is 0.0802 e. The Kier molecular flexibility index (Phi) is 7.87. The maximum absolute atomic E-state index is 9.58. The van der Waals surface area contributed by atoms with Gasteiger partial charge in [0.25, 0.3) is 0 Å². The molecule has 0 aliphatic rings. The lowest BCUT2D eigenvalue weighted by atomic mass is 9.98. The third-order valence-electron chi connectivity index (χ3n) is 2.65. The summed E-state index contributed by atoms with van der Waals surface area (Å²) >= 11 is 0. The molecule has 0 heterocycles. The largest absolute Gasteiger partial charge is 0.386 e. The summed E-state index contributed by atoms with van der Waals surface area (Å²) in [5, 5.41) is 9.58. The number of unbranched alkanes of at least 4 members (excludes halogenated alkanes) is 6. The normalized spacial score (nSPS) is 15.1. The Hall–Kier alpha value is -0.300. The van der Waals surface area contributed by atoms with E-state index in [1.54, 1.807) is 6.92 Å². The number of rotatable bonds is 9. The van der Waals surface area contributed by atoms with E-state index in [0.29, 0.717) is 0 Å². The van der Waals surface area contributed by atoms with E-state index in [1.807, 2.05) is 0 Å². The highest BCUT2D eigenvalue weighted by atomic mass is 16.3. The molecule has 1 atom stereocenters.